The van der Waals surface area contributed by atoms with Crippen molar-refractivity contribution in [2.45, 2.75) is 32.8 Å². The smallest absolute Gasteiger partial charge is 0.328 e. The van der Waals surface area contributed by atoms with Crippen molar-refractivity contribution in [1.82, 2.24) is 0 Å². The zero-order chi connectivity index (χ0) is 27.4. The first kappa shape index (κ1) is 28.5. The Morgan fingerprint density at radius 2 is 1.71 bits per heavy atom. The number of hydrogen-bond acceptors (Lipinski definition) is 6. The fraction of sp³-hybridized carbons (Fsp3) is 0.233. The molecule has 3 rings (SSSR count). The molecule has 0 aliphatic heterocycles. The number of carboxylic acids is 1. The molecule has 0 aromatic heterocycles. The van der Waals surface area contributed by atoms with Crippen LogP contribution in [0.15, 0.2) is 78.9 Å². The van der Waals surface area contributed by atoms with Crippen molar-refractivity contribution in [2.24, 2.45) is 0 Å². The van der Waals surface area contributed by atoms with Gasteiger partial charge >= 0.3 is 16.1 Å². The third kappa shape index (κ3) is 9.12. The number of allylic oxidation sites excluding steroid dienone is 1. The first-order valence-corrected chi connectivity index (χ1v) is 13.8. The Bertz CT molecular complexity index is 1380. The van der Waals surface area contributed by atoms with E-state index in [9.17, 15) is 13.2 Å². The third-order valence-corrected chi connectivity index (χ3v) is 6.76. The highest BCUT2D eigenvalue weighted by Crippen LogP contribution is 2.30. The summed E-state index contributed by atoms with van der Waals surface area (Å²) in [5.74, 6) is 0.0112. The van der Waals surface area contributed by atoms with Gasteiger partial charge in [-0.25, -0.2) is 4.79 Å². The average Bonchev–Trinajstić information content (AvgIpc) is 2.91. The van der Waals surface area contributed by atoms with Crippen molar-refractivity contribution in [1.29, 1.82) is 0 Å². The number of unbranched alkanes of at least 4 members (excludes halogenated alkanes) is 1. The number of rotatable bonds is 14. The average molecular weight is 537 g/mol. The summed E-state index contributed by atoms with van der Waals surface area (Å²) in [6, 6.07) is 20.4. The van der Waals surface area contributed by atoms with Crippen molar-refractivity contribution in [3.8, 4) is 17.2 Å². The maximum atomic E-state index is 12.2. The van der Waals surface area contributed by atoms with E-state index in [0.29, 0.717) is 36.5 Å². The van der Waals surface area contributed by atoms with Crippen molar-refractivity contribution >= 4 is 28.2 Å². The topological polar surface area (TPSA) is 99.1 Å². The van der Waals surface area contributed by atoms with Crippen LogP contribution >= 0.6 is 0 Å². The van der Waals surface area contributed by atoms with Gasteiger partial charge in [0.25, 0.3) is 0 Å². The molecule has 1 N–H and O–H groups in total. The minimum absolute atomic E-state index is 0.0426. The summed E-state index contributed by atoms with van der Waals surface area (Å²) in [5, 5.41) is 9.01. The van der Waals surface area contributed by atoms with E-state index in [4.69, 9.17) is 18.8 Å². The third-order valence-electron chi connectivity index (χ3n) is 5.54. The number of benzene rings is 3. The Morgan fingerprint density at radius 1 is 0.921 bits per heavy atom. The van der Waals surface area contributed by atoms with Gasteiger partial charge < -0.3 is 18.8 Å². The van der Waals surface area contributed by atoms with Gasteiger partial charge in [0.05, 0.1) is 12.9 Å². The van der Waals surface area contributed by atoms with Gasteiger partial charge in [-0.2, -0.15) is 8.42 Å². The molecule has 0 aliphatic rings. The Balaban J connectivity index is 1.73. The normalized spacial score (nSPS) is 11.6. The largest absolute Gasteiger partial charge is 0.493 e. The summed E-state index contributed by atoms with van der Waals surface area (Å²) >= 11 is 0. The lowest BCUT2D eigenvalue weighted by molar-refractivity contribution is -0.131. The Labute approximate surface area is 224 Å². The molecule has 0 fully saturated rings. The molecule has 0 aliphatic carbocycles. The first-order chi connectivity index (χ1) is 18.3. The van der Waals surface area contributed by atoms with E-state index in [1.54, 1.807) is 18.2 Å². The number of carboxylic acid groups (broad SMARTS) is 1. The molecule has 38 heavy (non-hydrogen) atoms. The number of hydrogen-bond donors (Lipinski definition) is 1. The van der Waals surface area contributed by atoms with Gasteiger partial charge in [-0.3, -0.25) is 0 Å². The second kappa shape index (κ2) is 14.0. The summed E-state index contributed by atoms with van der Waals surface area (Å²) in [7, 11) is -2.21. The van der Waals surface area contributed by atoms with Crippen molar-refractivity contribution in [2.75, 3.05) is 12.9 Å². The molecule has 0 atom stereocenters. The van der Waals surface area contributed by atoms with Crippen LogP contribution in [-0.2, 0) is 27.9 Å². The quantitative estimate of drug-likeness (QED) is 0.195. The SMILES string of the molecule is CCCCS(=O)(=O)Oc1ccc(C/C=C/c2ccc(/C=C/C(=O)O)c(OCc3ccccc3)c2)cc1OC. The van der Waals surface area contributed by atoms with Crippen molar-refractivity contribution in [3.05, 3.63) is 101 Å². The molecule has 0 spiro atoms. The second-order valence-electron chi connectivity index (χ2n) is 8.53. The Hall–Kier alpha value is -4.04. The maximum absolute atomic E-state index is 12.2. The van der Waals surface area contributed by atoms with E-state index >= 15 is 0 Å². The molecule has 3 aromatic carbocycles. The minimum atomic E-state index is -3.68. The van der Waals surface area contributed by atoms with Gasteiger partial charge in [0.1, 0.15) is 12.4 Å². The predicted molar refractivity (Wildman–Crippen MR) is 149 cm³/mol. The minimum Gasteiger partial charge on any atom is -0.493 e. The van der Waals surface area contributed by atoms with Gasteiger partial charge in [0, 0.05) is 11.6 Å². The molecular formula is C30H32O7S. The summed E-state index contributed by atoms with van der Waals surface area (Å²) < 4.78 is 40.9. The molecule has 0 radical (unpaired) electrons. The number of carbonyl (C=O) groups is 1. The van der Waals surface area contributed by atoms with Crippen LogP contribution in [-0.4, -0.2) is 32.4 Å². The van der Waals surface area contributed by atoms with E-state index in [1.165, 1.54) is 13.2 Å². The monoisotopic (exact) mass is 536 g/mol. The maximum Gasteiger partial charge on any atom is 0.328 e. The second-order valence-corrected chi connectivity index (χ2v) is 10.2. The van der Waals surface area contributed by atoms with Gasteiger partial charge in [0.2, 0.25) is 0 Å². The van der Waals surface area contributed by atoms with Gasteiger partial charge in [-0.05, 0) is 53.8 Å². The van der Waals surface area contributed by atoms with E-state index in [1.807, 2.05) is 67.6 Å². The molecule has 0 heterocycles. The Morgan fingerprint density at radius 3 is 2.42 bits per heavy atom. The lowest BCUT2D eigenvalue weighted by atomic mass is 10.1. The van der Waals surface area contributed by atoms with E-state index in [-0.39, 0.29) is 11.5 Å². The van der Waals surface area contributed by atoms with Gasteiger partial charge in [-0.15, -0.1) is 0 Å². The number of methoxy groups -OCH3 is 1. The summed E-state index contributed by atoms with van der Waals surface area (Å²) in [6.07, 6.45) is 8.35. The van der Waals surface area contributed by atoms with Crippen LogP contribution in [0.25, 0.3) is 12.2 Å². The van der Waals surface area contributed by atoms with E-state index in [0.717, 1.165) is 29.2 Å². The van der Waals surface area contributed by atoms with Crippen LogP contribution in [0.3, 0.4) is 0 Å². The molecule has 0 bridgehead atoms. The number of ether oxygens (including phenoxy) is 2. The highest BCUT2D eigenvalue weighted by molar-refractivity contribution is 7.87. The molecule has 0 saturated carbocycles. The molecular weight excluding hydrogens is 504 g/mol. The van der Waals surface area contributed by atoms with Crippen molar-refractivity contribution in [3.63, 3.8) is 0 Å². The Kier molecular flexibility index (Phi) is 10.5. The van der Waals surface area contributed by atoms with E-state index < -0.39 is 16.1 Å². The van der Waals surface area contributed by atoms with Crippen molar-refractivity contribution < 1.29 is 32.0 Å². The molecule has 0 amide bonds. The highest BCUT2D eigenvalue weighted by atomic mass is 32.2. The zero-order valence-electron chi connectivity index (χ0n) is 21.5. The van der Waals surface area contributed by atoms with Crippen LogP contribution < -0.4 is 13.7 Å². The number of aliphatic carboxylic acids is 1. The first-order valence-electron chi connectivity index (χ1n) is 12.3. The van der Waals surface area contributed by atoms with Crippen LogP contribution in [0.5, 0.6) is 17.2 Å². The predicted octanol–water partition coefficient (Wildman–Crippen LogP) is 6.14. The lowest BCUT2D eigenvalue weighted by Gasteiger charge is -2.12. The summed E-state index contributed by atoms with van der Waals surface area (Å²) in [6.45, 7) is 2.27. The van der Waals surface area contributed by atoms with Gasteiger partial charge in [0.15, 0.2) is 11.5 Å². The van der Waals surface area contributed by atoms with Crippen LogP contribution in [0, 0.1) is 0 Å². The van der Waals surface area contributed by atoms with Crippen LogP contribution in [0.1, 0.15) is 42.0 Å². The fourth-order valence-corrected chi connectivity index (χ4v) is 4.69. The molecule has 7 nitrogen and oxygen atoms in total. The zero-order valence-corrected chi connectivity index (χ0v) is 22.3. The van der Waals surface area contributed by atoms with Crippen LogP contribution in [0.4, 0.5) is 0 Å². The molecule has 3 aromatic rings. The molecule has 200 valence electrons. The fourth-order valence-electron chi connectivity index (χ4n) is 3.55. The van der Waals surface area contributed by atoms with E-state index in [2.05, 4.69) is 0 Å². The lowest BCUT2D eigenvalue weighted by Crippen LogP contribution is -2.14. The van der Waals surface area contributed by atoms with Gasteiger partial charge in [-0.1, -0.05) is 74.0 Å². The van der Waals surface area contributed by atoms with Crippen LogP contribution in [0.2, 0.25) is 0 Å². The highest BCUT2D eigenvalue weighted by Gasteiger charge is 2.16. The summed E-state index contributed by atoms with van der Waals surface area (Å²) in [5.41, 5.74) is 3.46. The molecule has 0 unspecified atom stereocenters. The molecule has 8 heteroatoms. The summed E-state index contributed by atoms with van der Waals surface area (Å²) in [4.78, 5) is 11.0. The standard InChI is InChI=1S/C30H32O7S/c1-3-4-19-38(33,34)37-27-17-14-24(21-29(27)35-2)12-8-11-23-13-15-26(16-18-30(31)32)28(20-23)36-22-25-9-6-5-7-10-25/h5-11,13-18,20-21H,3-4,12,19,22H2,1-2H3,(H,31,32)/b11-8+,18-16+. The molecule has 0 saturated heterocycles.